The lowest BCUT2D eigenvalue weighted by Gasteiger charge is -2.35. The number of carbonyl (C=O) groups is 2. The zero-order valence-electron chi connectivity index (χ0n) is 10.7. The predicted octanol–water partition coefficient (Wildman–Crippen LogP) is 1.48. The molecule has 0 bridgehead atoms. The van der Waals surface area contributed by atoms with Gasteiger partial charge in [-0.2, -0.15) is 11.8 Å². The summed E-state index contributed by atoms with van der Waals surface area (Å²) in [6, 6.07) is 0.0753. The molecule has 2 fully saturated rings. The zero-order valence-corrected chi connectivity index (χ0v) is 11.5. The first kappa shape index (κ1) is 13.5. The van der Waals surface area contributed by atoms with E-state index in [0.29, 0.717) is 5.25 Å². The van der Waals surface area contributed by atoms with Crippen molar-refractivity contribution in [3.05, 3.63) is 0 Å². The molecule has 1 aliphatic carbocycles. The second-order valence-corrected chi connectivity index (χ2v) is 6.10. The van der Waals surface area contributed by atoms with Crippen LogP contribution in [0.15, 0.2) is 0 Å². The van der Waals surface area contributed by atoms with Gasteiger partial charge in [-0.05, 0) is 31.9 Å². The summed E-state index contributed by atoms with van der Waals surface area (Å²) >= 11 is 1.85. The number of carbonyl (C=O) groups excluding carboxylic acids is 1. The maximum absolute atomic E-state index is 12.3. The molecule has 6 heteroatoms. The van der Waals surface area contributed by atoms with Gasteiger partial charge in [0.25, 0.3) is 0 Å². The Labute approximate surface area is 112 Å². The lowest BCUT2D eigenvalue weighted by Crippen LogP contribution is -2.49. The molecule has 0 radical (unpaired) electrons. The van der Waals surface area contributed by atoms with E-state index in [0.717, 1.165) is 38.8 Å². The molecule has 2 rings (SSSR count). The molecule has 0 aromatic carbocycles. The molecule has 1 saturated carbocycles. The fraction of sp³-hybridized carbons (Fsp3) is 0.833. The summed E-state index contributed by atoms with van der Waals surface area (Å²) in [5.41, 5.74) is 0. The maximum atomic E-state index is 12.3. The summed E-state index contributed by atoms with van der Waals surface area (Å²) in [6.07, 6.45) is 6.01. The van der Waals surface area contributed by atoms with Crippen LogP contribution in [-0.2, 0) is 4.79 Å². The van der Waals surface area contributed by atoms with E-state index in [1.54, 1.807) is 0 Å². The minimum Gasteiger partial charge on any atom is -0.480 e. The normalized spacial score (nSPS) is 20.8. The Morgan fingerprint density at radius 1 is 1.28 bits per heavy atom. The summed E-state index contributed by atoms with van der Waals surface area (Å²) in [5.74, 6) is -0.922. The number of nitrogens with zero attached hydrogens (tertiary/aromatic N) is 2. The van der Waals surface area contributed by atoms with Crippen LogP contribution < -0.4 is 0 Å². The van der Waals surface area contributed by atoms with E-state index < -0.39 is 5.97 Å². The van der Waals surface area contributed by atoms with Crippen molar-refractivity contribution in [3.63, 3.8) is 0 Å². The van der Waals surface area contributed by atoms with Crippen molar-refractivity contribution in [2.75, 3.05) is 25.9 Å². The molecule has 0 unspecified atom stereocenters. The van der Waals surface area contributed by atoms with Gasteiger partial charge in [0.15, 0.2) is 0 Å². The van der Waals surface area contributed by atoms with Gasteiger partial charge in [0.2, 0.25) is 0 Å². The number of carboxylic acids is 1. The van der Waals surface area contributed by atoms with E-state index >= 15 is 0 Å². The van der Waals surface area contributed by atoms with Crippen LogP contribution >= 0.6 is 11.8 Å². The molecule has 2 amide bonds. The Kier molecular flexibility index (Phi) is 4.37. The van der Waals surface area contributed by atoms with Gasteiger partial charge >= 0.3 is 12.0 Å². The molecule has 0 aromatic heterocycles. The van der Waals surface area contributed by atoms with E-state index in [-0.39, 0.29) is 18.6 Å². The predicted molar refractivity (Wildman–Crippen MR) is 70.9 cm³/mol. The Morgan fingerprint density at radius 2 is 1.89 bits per heavy atom. The molecule has 1 aliphatic heterocycles. The van der Waals surface area contributed by atoms with Gasteiger partial charge in [-0.25, -0.2) is 4.79 Å². The number of rotatable bonds is 4. The third-order valence-corrected chi connectivity index (χ3v) is 4.72. The first-order valence-corrected chi connectivity index (χ1v) is 7.70. The quantitative estimate of drug-likeness (QED) is 0.842. The first-order chi connectivity index (χ1) is 8.61. The van der Waals surface area contributed by atoms with Crippen LogP contribution in [0.5, 0.6) is 0 Å². The molecule has 1 N–H and O–H groups in total. The topological polar surface area (TPSA) is 60.9 Å². The van der Waals surface area contributed by atoms with Gasteiger partial charge in [-0.3, -0.25) is 4.79 Å². The minimum absolute atomic E-state index is 0.0838. The highest BCUT2D eigenvalue weighted by molar-refractivity contribution is 7.99. The van der Waals surface area contributed by atoms with E-state index in [1.165, 1.54) is 4.90 Å². The average molecular weight is 272 g/mol. The summed E-state index contributed by atoms with van der Waals surface area (Å²) < 4.78 is 0. The third-order valence-electron chi connectivity index (χ3n) is 3.58. The second-order valence-electron chi connectivity index (χ2n) is 4.96. The van der Waals surface area contributed by atoms with Crippen molar-refractivity contribution in [1.82, 2.24) is 9.80 Å². The van der Waals surface area contributed by atoms with Crippen molar-refractivity contribution in [2.45, 2.75) is 37.0 Å². The molecule has 0 atom stereocenters. The van der Waals surface area contributed by atoms with Gasteiger partial charge < -0.3 is 14.9 Å². The third kappa shape index (κ3) is 3.31. The lowest BCUT2D eigenvalue weighted by atomic mass is 10.1. The number of amides is 2. The summed E-state index contributed by atoms with van der Waals surface area (Å²) in [6.45, 7) is 1.35. The molecule has 0 spiro atoms. The van der Waals surface area contributed by atoms with Crippen LogP contribution in [-0.4, -0.2) is 64.1 Å². The van der Waals surface area contributed by atoms with E-state index in [1.807, 2.05) is 16.7 Å². The highest BCUT2D eigenvalue weighted by Gasteiger charge is 2.36. The van der Waals surface area contributed by atoms with E-state index in [4.69, 9.17) is 5.11 Å². The molecule has 18 heavy (non-hydrogen) atoms. The van der Waals surface area contributed by atoms with Crippen LogP contribution in [0, 0.1) is 0 Å². The molecule has 5 nitrogen and oxygen atoms in total. The van der Waals surface area contributed by atoms with Crippen LogP contribution in [0.4, 0.5) is 4.79 Å². The highest BCUT2D eigenvalue weighted by Crippen LogP contribution is 2.29. The molecular formula is C12H20N2O3S. The van der Waals surface area contributed by atoms with Crippen molar-refractivity contribution in [1.29, 1.82) is 0 Å². The standard InChI is InChI=1S/C12H20N2O3S/c1-18-10-4-6-13(7-5-10)12(17)14(8-11(15)16)9-2-3-9/h9-10H,2-8H2,1H3,(H,15,16). The van der Waals surface area contributed by atoms with Gasteiger partial charge in [-0.1, -0.05) is 0 Å². The number of hydrogen-bond acceptors (Lipinski definition) is 3. The monoisotopic (exact) mass is 272 g/mol. The molecule has 0 aromatic rings. The summed E-state index contributed by atoms with van der Waals surface area (Å²) in [4.78, 5) is 26.4. The number of urea groups is 1. The Morgan fingerprint density at radius 3 is 2.33 bits per heavy atom. The fourth-order valence-electron chi connectivity index (χ4n) is 2.35. The first-order valence-electron chi connectivity index (χ1n) is 6.42. The molecular weight excluding hydrogens is 252 g/mol. The van der Waals surface area contributed by atoms with Crippen molar-refractivity contribution >= 4 is 23.8 Å². The highest BCUT2D eigenvalue weighted by atomic mass is 32.2. The number of hydrogen-bond donors (Lipinski definition) is 1. The fourth-order valence-corrected chi connectivity index (χ4v) is 3.03. The minimum atomic E-state index is -0.922. The Bertz CT molecular complexity index is 325. The van der Waals surface area contributed by atoms with Gasteiger partial charge in [0.1, 0.15) is 6.54 Å². The van der Waals surface area contributed by atoms with E-state index in [2.05, 4.69) is 6.26 Å². The number of carboxylic acid groups (broad SMARTS) is 1. The zero-order chi connectivity index (χ0) is 13.1. The largest absolute Gasteiger partial charge is 0.480 e. The van der Waals surface area contributed by atoms with Crippen molar-refractivity contribution < 1.29 is 14.7 Å². The lowest BCUT2D eigenvalue weighted by molar-refractivity contribution is -0.137. The maximum Gasteiger partial charge on any atom is 0.323 e. The Hall–Kier alpha value is -0.910. The molecule has 1 heterocycles. The van der Waals surface area contributed by atoms with Gasteiger partial charge in [0.05, 0.1) is 0 Å². The number of likely N-dealkylation sites (tertiary alicyclic amines) is 1. The van der Waals surface area contributed by atoms with Crippen molar-refractivity contribution in [2.24, 2.45) is 0 Å². The number of piperidine rings is 1. The van der Waals surface area contributed by atoms with Crippen LogP contribution in [0.25, 0.3) is 0 Å². The smallest absolute Gasteiger partial charge is 0.323 e. The number of thioether (sulfide) groups is 1. The molecule has 2 aliphatic rings. The van der Waals surface area contributed by atoms with Gasteiger partial charge in [0, 0.05) is 24.4 Å². The summed E-state index contributed by atoms with van der Waals surface area (Å²) in [5, 5.41) is 9.51. The van der Waals surface area contributed by atoms with Crippen molar-refractivity contribution in [3.8, 4) is 0 Å². The average Bonchev–Trinajstić information content (AvgIpc) is 3.19. The second kappa shape index (κ2) is 5.82. The molecule has 1 saturated heterocycles. The van der Waals surface area contributed by atoms with E-state index in [9.17, 15) is 9.59 Å². The SMILES string of the molecule is CSC1CCN(C(=O)N(CC(=O)O)C2CC2)CC1. The van der Waals surface area contributed by atoms with Crippen LogP contribution in [0.3, 0.4) is 0 Å². The van der Waals surface area contributed by atoms with Gasteiger partial charge in [-0.15, -0.1) is 0 Å². The number of aliphatic carboxylic acids is 1. The van der Waals surface area contributed by atoms with Crippen LogP contribution in [0.1, 0.15) is 25.7 Å². The summed E-state index contributed by atoms with van der Waals surface area (Å²) in [7, 11) is 0. The Balaban J connectivity index is 1.90. The molecule has 102 valence electrons. The van der Waals surface area contributed by atoms with Crippen LogP contribution in [0.2, 0.25) is 0 Å².